The van der Waals surface area contributed by atoms with Crippen LogP contribution < -0.4 is 5.32 Å². The van der Waals surface area contributed by atoms with E-state index in [0.29, 0.717) is 17.5 Å². The topological polar surface area (TPSA) is 29.9 Å². The van der Waals surface area contributed by atoms with Crippen LogP contribution in [0.25, 0.3) is 0 Å². The molecule has 3 nitrogen and oxygen atoms in total. The van der Waals surface area contributed by atoms with Crippen molar-refractivity contribution in [3.8, 4) is 0 Å². The van der Waals surface area contributed by atoms with Crippen molar-refractivity contribution >= 4 is 0 Å². The molecule has 1 fully saturated rings. The lowest BCUT2D eigenvalue weighted by Crippen LogP contribution is -2.42. The van der Waals surface area contributed by atoms with E-state index in [2.05, 4.69) is 56.9 Å². The molecule has 1 aliphatic rings. The van der Waals surface area contributed by atoms with Crippen LogP contribution in [0.1, 0.15) is 72.0 Å². The molecule has 1 heterocycles. The van der Waals surface area contributed by atoms with Crippen LogP contribution in [0.15, 0.2) is 12.3 Å². The standard InChI is InChI=1S/C18H33N3/c1-6-11-19-17(16-8-7-10-18(16,4)5)13-15-9-12-21(20-15)14(2)3/h9,12,14,16-17,19H,6-8,10-11,13H2,1-5H3. The summed E-state index contributed by atoms with van der Waals surface area (Å²) in [4.78, 5) is 0. The van der Waals surface area contributed by atoms with Crippen molar-refractivity contribution in [1.29, 1.82) is 0 Å². The maximum atomic E-state index is 4.75. The molecule has 2 rings (SSSR count). The highest BCUT2D eigenvalue weighted by molar-refractivity contribution is 5.05. The highest BCUT2D eigenvalue weighted by Crippen LogP contribution is 2.44. The summed E-state index contributed by atoms with van der Waals surface area (Å²) in [7, 11) is 0. The van der Waals surface area contributed by atoms with Crippen molar-refractivity contribution in [1.82, 2.24) is 15.1 Å². The molecule has 0 aliphatic heterocycles. The summed E-state index contributed by atoms with van der Waals surface area (Å²) in [6.45, 7) is 12.6. The van der Waals surface area contributed by atoms with Crippen molar-refractivity contribution in [3.05, 3.63) is 18.0 Å². The van der Waals surface area contributed by atoms with Gasteiger partial charge in [-0.05, 0) is 57.1 Å². The number of nitrogens with one attached hydrogen (secondary N) is 1. The van der Waals surface area contributed by atoms with Crippen LogP contribution in [0.3, 0.4) is 0 Å². The smallest absolute Gasteiger partial charge is 0.0640 e. The van der Waals surface area contributed by atoms with E-state index < -0.39 is 0 Å². The van der Waals surface area contributed by atoms with Crippen LogP contribution in [0.2, 0.25) is 0 Å². The molecule has 1 aromatic heterocycles. The first-order valence-electron chi connectivity index (χ1n) is 8.71. The zero-order valence-corrected chi connectivity index (χ0v) is 14.5. The molecule has 1 aromatic rings. The van der Waals surface area contributed by atoms with Crippen LogP contribution in [0.5, 0.6) is 0 Å². The van der Waals surface area contributed by atoms with Gasteiger partial charge in [0.05, 0.1) is 5.69 Å². The summed E-state index contributed by atoms with van der Waals surface area (Å²) in [6, 6.07) is 3.21. The number of nitrogens with zero attached hydrogens (tertiary/aromatic N) is 2. The van der Waals surface area contributed by atoms with E-state index in [-0.39, 0.29) is 0 Å². The fourth-order valence-corrected chi connectivity index (χ4v) is 3.79. The van der Waals surface area contributed by atoms with Gasteiger partial charge in [0.15, 0.2) is 0 Å². The fraction of sp³-hybridized carbons (Fsp3) is 0.833. The molecule has 3 heteroatoms. The Balaban J connectivity index is 2.08. The lowest BCUT2D eigenvalue weighted by atomic mass is 9.76. The second-order valence-corrected chi connectivity index (χ2v) is 7.63. The quantitative estimate of drug-likeness (QED) is 0.816. The van der Waals surface area contributed by atoms with Gasteiger partial charge in [0.25, 0.3) is 0 Å². The van der Waals surface area contributed by atoms with Crippen LogP contribution in [0, 0.1) is 11.3 Å². The van der Waals surface area contributed by atoms with Gasteiger partial charge in [0, 0.05) is 24.7 Å². The first-order valence-corrected chi connectivity index (χ1v) is 8.71. The molecule has 1 aliphatic carbocycles. The minimum atomic E-state index is 0.448. The molecular formula is C18H33N3. The van der Waals surface area contributed by atoms with Crippen molar-refractivity contribution in [2.45, 2.75) is 78.8 Å². The van der Waals surface area contributed by atoms with E-state index in [1.807, 2.05) is 0 Å². The normalized spacial score (nSPS) is 22.9. The monoisotopic (exact) mass is 291 g/mol. The van der Waals surface area contributed by atoms with Gasteiger partial charge in [0.1, 0.15) is 0 Å². The molecule has 2 unspecified atom stereocenters. The predicted octanol–water partition coefficient (Wildman–Crippen LogP) is 4.20. The molecule has 0 bridgehead atoms. The zero-order chi connectivity index (χ0) is 15.5. The Hall–Kier alpha value is -0.830. The van der Waals surface area contributed by atoms with Crippen molar-refractivity contribution in [2.75, 3.05) is 6.54 Å². The Morgan fingerprint density at radius 3 is 2.71 bits per heavy atom. The summed E-state index contributed by atoms with van der Waals surface area (Å²) < 4.78 is 2.08. The molecule has 0 radical (unpaired) electrons. The maximum absolute atomic E-state index is 4.75. The van der Waals surface area contributed by atoms with Crippen LogP contribution >= 0.6 is 0 Å². The second kappa shape index (κ2) is 6.95. The Bertz CT molecular complexity index is 433. The second-order valence-electron chi connectivity index (χ2n) is 7.63. The van der Waals surface area contributed by atoms with Gasteiger partial charge in [-0.25, -0.2) is 0 Å². The Morgan fingerprint density at radius 1 is 1.43 bits per heavy atom. The van der Waals surface area contributed by atoms with Crippen LogP contribution in [0.4, 0.5) is 0 Å². The Labute approximate surface area is 130 Å². The van der Waals surface area contributed by atoms with E-state index >= 15 is 0 Å². The molecule has 2 atom stereocenters. The van der Waals surface area contributed by atoms with Crippen molar-refractivity contribution in [2.24, 2.45) is 11.3 Å². The molecule has 120 valence electrons. The summed E-state index contributed by atoms with van der Waals surface area (Å²) in [5.74, 6) is 0.772. The molecule has 0 spiro atoms. The van der Waals surface area contributed by atoms with Crippen molar-refractivity contribution in [3.63, 3.8) is 0 Å². The van der Waals surface area contributed by atoms with Crippen LogP contribution in [-0.2, 0) is 6.42 Å². The van der Waals surface area contributed by atoms with Crippen molar-refractivity contribution < 1.29 is 0 Å². The van der Waals surface area contributed by atoms with E-state index in [0.717, 1.165) is 18.9 Å². The van der Waals surface area contributed by atoms with Gasteiger partial charge < -0.3 is 5.32 Å². The van der Waals surface area contributed by atoms with E-state index in [1.165, 1.54) is 31.4 Å². The highest BCUT2D eigenvalue weighted by atomic mass is 15.3. The third-order valence-corrected chi connectivity index (χ3v) is 5.10. The predicted molar refractivity (Wildman–Crippen MR) is 89.5 cm³/mol. The highest BCUT2D eigenvalue weighted by Gasteiger charge is 2.39. The average Bonchev–Trinajstić information content (AvgIpc) is 3.01. The van der Waals surface area contributed by atoms with Gasteiger partial charge in [0.2, 0.25) is 0 Å². The number of hydrogen-bond donors (Lipinski definition) is 1. The molecule has 1 N–H and O–H groups in total. The van der Waals surface area contributed by atoms with E-state index in [1.54, 1.807) is 0 Å². The SMILES string of the molecule is CCCNC(Cc1ccn(C(C)C)n1)C1CCCC1(C)C. The fourth-order valence-electron chi connectivity index (χ4n) is 3.79. The molecular weight excluding hydrogens is 258 g/mol. The Morgan fingerprint density at radius 2 is 2.19 bits per heavy atom. The Kier molecular flexibility index (Phi) is 5.48. The van der Waals surface area contributed by atoms with Gasteiger partial charge in [-0.15, -0.1) is 0 Å². The molecule has 0 saturated heterocycles. The maximum Gasteiger partial charge on any atom is 0.0640 e. The summed E-state index contributed by atoms with van der Waals surface area (Å²) in [5.41, 5.74) is 1.70. The largest absolute Gasteiger partial charge is 0.313 e. The lowest BCUT2D eigenvalue weighted by molar-refractivity contribution is 0.195. The summed E-state index contributed by atoms with van der Waals surface area (Å²) >= 11 is 0. The third-order valence-electron chi connectivity index (χ3n) is 5.10. The minimum Gasteiger partial charge on any atom is -0.313 e. The minimum absolute atomic E-state index is 0.448. The van der Waals surface area contributed by atoms with E-state index in [4.69, 9.17) is 5.10 Å². The number of rotatable bonds is 7. The lowest BCUT2D eigenvalue weighted by Gasteiger charge is -2.34. The molecule has 1 saturated carbocycles. The number of hydrogen-bond acceptors (Lipinski definition) is 2. The summed E-state index contributed by atoms with van der Waals surface area (Å²) in [6.07, 6.45) is 8.48. The third kappa shape index (κ3) is 4.09. The molecule has 0 aromatic carbocycles. The first kappa shape index (κ1) is 16.5. The van der Waals surface area contributed by atoms with Gasteiger partial charge in [-0.2, -0.15) is 5.10 Å². The molecule has 21 heavy (non-hydrogen) atoms. The summed E-state index contributed by atoms with van der Waals surface area (Å²) in [5, 5.41) is 8.56. The van der Waals surface area contributed by atoms with Gasteiger partial charge in [-0.3, -0.25) is 4.68 Å². The average molecular weight is 291 g/mol. The first-order chi connectivity index (χ1) is 9.94. The molecule has 0 amide bonds. The van der Waals surface area contributed by atoms with Crippen LogP contribution in [-0.4, -0.2) is 22.4 Å². The van der Waals surface area contributed by atoms with Gasteiger partial charge in [-0.1, -0.05) is 27.2 Å². The zero-order valence-electron chi connectivity index (χ0n) is 14.5. The number of aromatic nitrogens is 2. The van der Waals surface area contributed by atoms with Gasteiger partial charge >= 0.3 is 0 Å². The van der Waals surface area contributed by atoms with E-state index in [9.17, 15) is 0 Å².